The number of cyclic esters (lactones) is 1. The highest BCUT2D eigenvalue weighted by Gasteiger charge is 2.42. The lowest BCUT2D eigenvalue weighted by Gasteiger charge is -2.32. The molecule has 0 fully saturated rings. The summed E-state index contributed by atoms with van der Waals surface area (Å²) in [6.07, 6.45) is 0. The number of amides is 3. The van der Waals surface area contributed by atoms with Crippen molar-refractivity contribution in [3.8, 4) is 0 Å². The molecule has 8 heteroatoms. The first kappa shape index (κ1) is 17.0. The lowest BCUT2D eigenvalue weighted by molar-refractivity contribution is -0.136. The van der Waals surface area contributed by atoms with Crippen LogP contribution in [0.5, 0.6) is 0 Å². The summed E-state index contributed by atoms with van der Waals surface area (Å²) in [6.45, 7) is 0.519. The maximum Gasteiger partial charge on any atom is 0.338 e. The Morgan fingerprint density at radius 3 is 2.84 bits per heavy atom. The number of urea groups is 1. The monoisotopic (exact) mass is 345 g/mol. The van der Waals surface area contributed by atoms with Crippen LogP contribution in [-0.2, 0) is 19.1 Å². The van der Waals surface area contributed by atoms with Gasteiger partial charge in [-0.3, -0.25) is 9.69 Å². The van der Waals surface area contributed by atoms with E-state index in [1.165, 1.54) is 12.0 Å². The molecule has 1 aromatic rings. The van der Waals surface area contributed by atoms with E-state index in [2.05, 4.69) is 10.6 Å². The number of ether oxygens (including phenoxy) is 2. The Kier molecular flexibility index (Phi) is 4.99. The number of methoxy groups -OCH3 is 1. The molecule has 0 saturated carbocycles. The van der Waals surface area contributed by atoms with Gasteiger partial charge in [0.1, 0.15) is 13.2 Å². The van der Waals surface area contributed by atoms with E-state index in [0.29, 0.717) is 24.4 Å². The van der Waals surface area contributed by atoms with Gasteiger partial charge in [0.15, 0.2) is 0 Å². The molecule has 0 spiro atoms. The van der Waals surface area contributed by atoms with Gasteiger partial charge in [0, 0.05) is 13.7 Å². The van der Waals surface area contributed by atoms with E-state index in [9.17, 15) is 14.4 Å². The molecule has 1 unspecified atom stereocenters. The molecule has 0 aromatic heterocycles. The predicted octanol–water partition coefficient (Wildman–Crippen LogP) is 0.326. The number of hydrogen-bond acceptors (Lipinski definition) is 5. The lowest BCUT2D eigenvalue weighted by atomic mass is 9.96. The minimum atomic E-state index is -0.577. The Morgan fingerprint density at radius 1 is 1.36 bits per heavy atom. The molecule has 1 atom stereocenters. The second-order valence-corrected chi connectivity index (χ2v) is 5.66. The molecular formula is C17H19N3O5. The van der Waals surface area contributed by atoms with Crippen molar-refractivity contribution in [1.29, 1.82) is 0 Å². The van der Waals surface area contributed by atoms with Gasteiger partial charge in [-0.15, -0.1) is 0 Å². The summed E-state index contributed by atoms with van der Waals surface area (Å²) in [7, 11) is 1.53. The highest BCUT2D eigenvalue weighted by atomic mass is 16.5. The fourth-order valence-electron chi connectivity index (χ4n) is 2.87. The first-order chi connectivity index (χ1) is 12.1. The first-order valence-electron chi connectivity index (χ1n) is 7.90. The van der Waals surface area contributed by atoms with Crippen molar-refractivity contribution in [3.05, 3.63) is 47.2 Å². The second-order valence-electron chi connectivity index (χ2n) is 5.66. The predicted molar refractivity (Wildman–Crippen MR) is 87.3 cm³/mol. The van der Waals surface area contributed by atoms with Crippen molar-refractivity contribution in [2.75, 3.05) is 33.4 Å². The minimum absolute atomic E-state index is 0.0176. The smallest absolute Gasteiger partial charge is 0.338 e. The van der Waals surface area contributed by atoms with E-state index >= 15 is 0 Å². The van der Waals surface area contributed by atoms with Crippen LogP contribution in [0.15, 0.2) is 41.6 Å². The maximum absolute atomic E-state index is 12.5. The Hall–Kier alpha value is -2.87. The zero-order valence-electron chi connectivity index (χ0n) is 13.8. The summed E-state index contributed by atoms with van der Waals surface area (Å²) in [5, 5.41) is 5.43. The van der Waals surface area contributed by atoms with Crippen LogP contribution in [0, 0.1) is 0 Å². The van der Waals surface area contributed by atoms with Gasteiger partial charge in [-0.25, -0.2) is 9.59 Å². The molecule has 2 aliphatic heterocycles. The Balaban J connectivity index is 1.83. The fraction of sp³-hybridized carbons (Fsp3) is 0.353. The van der Waals surface area contributed by atoms with Gasteiger partial charge in [-0.2, -0.15) is 0 Å². The third-order valence-electron chi connectivity index (χ3n) is 4.06. The van der Waals surface area contributed by atoms with Crippen molar-refractivity contribution in [1.82, 2.24) is 15.5 Å². The van der Waals surface area contributed by atoms with Gasteiger partial charge in [-0.05, 0) is 5.56 Å². The highest BCUT2D eigenvalue weighted by molar-refractivity contribution is 5.98. The van der Waals surface area contributed by atoms with Gasteiger partial charge in [-0.1, -0.05) is 30.3 Å². The van der Waals surface area contributed by atoms with Crippen molar-refractivity contribution in [3.63, 3.8) is 0 Å². The Labute approximate surface area is 144 Å². The SMILES string of the molecule is COCCNC(=O)CN1C(=O)NC(c2ccccc2)C2=C1COC2=O. The van der Waals surface area contributed by atoms with Crippen molar-refractivity contribution >= 4 is 17.9 Å². The van der Waals surface area contributed by atoms with Crippen LogP contribution in [0.1, 0.15) is 11.6 Å². The molecule has 0 radical (unpaired) electrons. The largest absolute Gasteiger partial charge is 0.456 e. The van der Waals surface area contributed by atoms with Gasteiger partial charge in [0.05, 0.1) is 23.9 Å². The van der Waals surface area contributed by atoms with Crippen LogP contribution >= 0.6 is 0 Å². The molecule has 8 nitrogen and oxygen atoms in total. The zero-order valence-corrected chi connectivity index (χ0v) is 13.8. The number of rotatable bonds is 6. The topological polar surface area (TPSA) is 97.0 Å². The van der Waals surface area contributed by atoms with Crippen LogP contribution < -0.4 is 10.6 Å². The number of esters is 1. The summed E-state index contributed by atoms with van der Waals surface area (Å²) < 4.78 is 9.98. The van der Waals surface area contributed by atoms with Gasteiger partial charge in [0.25, 0.3) is 0 Å². The summed E-state index contributed by atoms with van der Waals surface area (Å²) >= 11 is 0. The average Bonchev–Trinajstić information content (AvgIpc) is 3.00. The van der Waals surface area contributed by atoms with E-state index in [4.69, 9.17) is 9.47 Å². The van der Waals surface area contributed by atoms with E-state index < -0.39 is 18.0 Å². The summed E-state index contributed by atoms with van der Waals surface area (Å²) in [5.41, 5.74) is 1.59. The van der Waals surface area contributed by atoms with Gasteiger partial charge in [0.2, 0.25) is 5.91 Å². The Morgan fingerprint density at radius 2 is 2.12 bits per heavy atom. The normalized spacial score (nSPS) is 19.4. The second kappa shape index (κ2) is 7.35. The lowest BCUT2D eigenvalue weighted by Crippen LogP contribution is -2.50. The molecule has 2 heterocycles. The number of nitrogens with zero attached hydrogens (tertiary/aromatic N) is 1. The molecule has 3 amide bonds. The summed E-state index contributed by atoms with van der Waals surface area (Å²) in [6, 6.07) is 8.16. The summed E-state index contributed by atoms with van der Waals surface area (Å²) in [4.78, 5) is 37.9. The third-order valence-corrected chi connectivity index (χ3v) is 4.06. The maximum atomic E-state index is 12.5. The van der Waals surface area contributed by atoms with Crippen LogP contribution in [0.2, 0.25) is 0 Å². The zero-order chi connectivity index (χ0) is 17.8. The van der Waals surface area contributed by atoms with Crippen LogP contribution in [-0.4, -0.2) is 56.2 Å². The number of carbonyl (C=O) groups is 3. The quantitative estimate of drug-likeness (QED) is 0.572. The molecule has 0 saturated heterocycles. The highest BCUT2D eigenvalue weighted by Crippen LogP contribution is 2.34. The number of benzene rings is 1. The van der Waals surface area contributed by atoms with Crippen LogP contribution in [0.25, 0.3) is 0 Å². The average molecular weight is 345 g/mol. The minimum Gasteiger partial charge on any atom is -0.456 e. The van der Waals surface area contributed by atoms with Crippen molar-refractivity contribution in [2.45, 2.75) is 6.04 Å². The fourth-order valence-corrected chi connectivity index (χ4v) is 2.87. The van der Waals surface area contributed by atoms with Crippen molar-refractivity contribution < 1.29 is 23.9 Å². The first-order valence-corrected chi connectivity index (χ1v) is 7.90. The van der Waals surface area contributed by atoms with E-state index in [1.54, 1.807) is 0 Å². The molecule has 132 valence electrons. The van der Waals surface area contributed by atoms with Crippen molar-refractivity contribution in [2.24, 2.45) is 0 Å². The van der Waals surface area contributed by atoms with Crippen LogP contribution in [0.3, 0.4) is 0 Å². The van der Waals surface area contributed by atoms with E-state index in [0.717, 1.165) is 5.56 Å². The molecule has 0 aliphatic carbocycles. The molecule has 0 bridgehead atoms. The molecule has 25 heavy (non-hydrogen) atoms. The number of nitrogens with one attached hydrogen (secondary N) is 2. The number of carbonyl (C=O) groups excluding carboxylic acids is 3. The van der Waals surface area contributed by atoms with Crippen LogP contribution in [0.4, 0.5) is 4.79 Å². The summed E-state index contributed by atoms with van der Waals surface area (Å²) in [5.74, 6) is -0.815. The standard InChI is InChI=1S/C17H19N3O5/c1-24-8-7-18-13(21)9-20-12-10-25-16(22)14(12)15(19-17(20)23)11-5-3-2-4-6-11/h2-6,15H,7-10H2,1H3,(H,18,21)(H,19,23). The molecule has 2 aliphatic rings. The number of hydrogen-bond donors (Lipinski definition) is 2. The molecular weight excluding hydrogens is 326 g/mol. The van der Waals surface area contributed by atoms with Gasteiger partial charge >= 0.3 is 12.0 Å². The van der Waals surface area contributed by atoms with Gasteiger partial charge < -0.3 is 20.1 Å². The Bertz CT molecular complexity index is 716. The molecule has 3 rings (SSSR count). The third kappa shape index (κ3) is 3.48. The van der Waals surface area contributed by atoms with E-state index in [1.807, 2.05) is 30.3 Å². The van der Waals surface area contributed by atoms with E-state index in [-0.39, 0.29) is 19.1 Å². The molecule has 2 N–H and O–H groups in total. The molecule has 1 aromatic carbocycles.